The van der Waals surface area contributed by atoms with Crippen LogP contribution in [0.4, 0.5) is 4.39 Å². The predicted octanol–water partition coefficient (Wildman–Crippen LogP) is 3.13. The molecule has 1 fully saturated rings. The van der Waals surface area contributed by atoms with Crippen molar-refractivity contribution in [2.75, 3.05) is 7.05 Å². The lowest BCUT2D eigenvalue weighted by atomic mass is 9.94. The Kier molecular flexibility index (Phi) is 4.49. The van der Waals surface area contributed by atoms with E-state index < -0.39 is 15.3 Å². The second-order valence-corrected chi connectivity index (χ2v) is 8.31. The Balaban J connectivity index is 2.25. The Morgan fingerprint density at radius 3 is 2.35 bits per heavy atom. The zero-order valence-corrected chi connectivity index (χ0v) is 13.0. The molecule has 3 nitrogen and oxygen atoms in total. The second-order valence-electron chi connectivity index (χ2n) is 5.77. The van der Waals surface area contributed by atoms with Crippen molar-refractivity contribution < 1.29 is 12.8 Å². The molecule has 0 radical (unpaired) electrons. The minimum absolute atomic E-state index is 0.0205. The van der Waals surface area contributed by atoms with E-state index in [4.69, 9.17) is 0 Å². The van der Waals surface area contributed by atoms with E-state index in [-0.39, 0.29) is 17.8 Å². The van der Waals surface area contributed by atoms with Gasteiger partial charge in [0.15, 0.2) is 0 Å². The zero-order valence-electron chi connectivity index (χ0n) is 12.2. The van der Waals surface area contributed by atoms with Crippen LogP contribution in [0.15, 0.2) is 24.3 Å². The third-order valence-electron chi connectivity index (χ3n) is 4.24. The zero-order chi connectivity index (χ0) is 14.9. The highest BCUT2D eigenvalue weighted by Gasteiger charge is 2.37. The molecular weight excluding hydrogens is 277 g/mol. The summed E-state index contributed by atoms with van der Waals surface area (Å²) >= 11 is 0. The van der Waals surface area contributed by atoms with Gasteiger partial charge < -0.3 is 0 Å². The number of sulfonamides is 1. The second kappa shape index (κ2) is 5.82. The molecule has 1 aromatic carbocycles. The van der Waals surface area contributed by atoms with E-state index in [1.165, 1.54) is 16.4 Å². The van der Waals surface area contributed by atoms with Gasteiger partial charge in [0.25, 0.3) is 0 Å². The summed E-state index contributed by atoms with van der Waals surface area (Å²) in [6.07, 6.45) is 2.82. The highest BCUT2D eigenvalue weighted by Crippen LogP contribution is 2.38. The molecule has 5 heteroatoms. The molecule has 0 amide bonds. The number of hydrogen-bond acceptors (Lipinski definition) is 2. The van der Waals surface area contributed by atoms with Crippen molar-refractivity contribution in [1.82, 2.24) is 4.31 Å². The van der Waals surface area contributed by atoms with Gasteiger partial charge in [0.2, 0.25) is 10.0 Å². The maximum Gasteiger partial charge on any atom is 0.216 e. The van der Waals surface area contributed by atoms with Crippen molar-refractivity contribution in [3.05, 3.63) is 35.6 Å². The fraction of sp³-hybridized carbons (Fsp3) is 0.600. The smallest absolute Gasteiger partial charge is 0.212 e. The lowest BCUT2D eigenvalue weighted by Gasteiger charge is -2.30. The van der Waals surface area contributed by atoms with Gasteiger partial charge in [-0.25, -0.2) is 17.1 Å². The number of halogens is 1. The first-order chi connectivity index (χ1) is 9.34. The minimum Gasteiger partial charge on any atom is -0.212 e. The lowest BCUT2D eigenvalue weighted by molar-refractivity contribution is 0.343. The first kappa shape index (κ1) is 15.4. The highest BCUT2D eigenvalue weighted by atomic mass is 32.2. The van der Waals surface area contributed by atoms with Crippen LogP contribution in [0.25, 0.3) is 0 Å². The van der Waals surface area contributed by atoms with Crippen LogP contribution in [0.1, 0.15) is 44.6 Å². The van der Waals surface area contributed by atoms with Crippen molar-refractivity contribution in [2.45, 2.75) is 50.3 Å². The molecule has 0 saturated heterocycles. The molecule has 1 aliphatic carbocycles. The van der Waals surface area contributed by atoms with E-state index in [9.17, 15) is 12.8 Å². The Hall–Kier alpha value is -0.940. The average Bonchev–Trinajstić information content (AvgIpc) is 2.87. The van der Waals surface area contributed by atoms with Crippen molar-refractivity contribution in [1.29, 1.82) is 0 Å². The number of rotatable bonds is 4. The van der Waals surface area contributed by atoms with Crippen molar-refractivity contribution in [3.63, 3.8) is 0 Å². The summed E-state index contributed by atoms with van der Waals surface area (Å²) < 4.78 is 39.2. The molecular formula is C15H22FNO2S. The molecule has 1 aromatic rings. The third kappa shape index (κ3) is 2.88. The van der Waals surface area contributed by atoms with Crippen LogP contribution in [0.3, 0.4) is 0 Å². The van der Waals surface area contributed by atoms with E-state index >= 15 is 0 Å². The number of nitrogens with zero attached hydrogens (tertiary/aromatic N) is 1. The van der Waals surface area contributed by atoms with Crippen molar-refractivity contribution >= 4 is 10.0 Å². The van der Waals surface area contributed by atoms with Gasteiger partial charge >= 0.3 is 0 Å². The van der Waals surface area contributed by atoms with Crippen molar-refractivity contribution in [2.24, 2.45) is 0 Å². The van der Waals surface area contributed by atoms with Gasteiger partial charge in [-0.05, 0) is 44.4 Å². The number of hydrogen-bond donors (Lipinski definition) is 0. The number of benzene rings is 1. The van der Waals surface area contributed by atoms with Gasteiger partial charge in [0, 0.05) is 19.0 Å². The van der Waals surface area contributed by atoms with Gasteiger partial charge in [-0.3, -0.25) is 0 Å². The molecule has 1 unspecified atom stereocenters. The predicted molar refractivity (Wildman–Crippen MR) is 78.6 cm³/mol. The highest BCUT2D eigenvalue weighted by molar-refractivity contribution is 7.89. The quantitative estimate of drug-likeness (QED) is 0.856. The Morgan fingerprint density at radius 1 is 1.20 bits per heavy atom. The SMILES string of the molecule is CC(C)S(=O)(=O)N(C)C1CCC[C@@H]1c1ccc(F)cc1. The van der Waals surface area contributed by atoms with Crippen LogP contribution in [0, 0.1) is 5.82 Å². The monoisotopic (exact) mass is 299 g/mol. The summed E-state index contributed by atoms with van der Waals surface area (Å²) in [5.41, 5.74) is 1.03. The Bertz CT molecular complexity index is 554. The maximum absolute atomic E-state index is 13.0. The largest absolute Gasteiger partial charge is 0.216 e. The molecule has 0 spiro atoms. The van der Waals surface area contributed by atoms with Crippen LogP contribution < -0.4 is 0 Å². The molecule has 112 valence electrons. The van der Waals surface area contributed by atoms with E-state index in [0.29, 0.717) is 0 Å². The first-order valence-corrected chi connectivity index (χ1v) is 8.56. The fourth-order valence-corrected chi connectivity index (χ4v) is 4.29. The number of likely N-dealkylation sites (N-methyl/N-ethyl adjacent to an activating group) is 1. The van der Waals surface area contributed by atoms with Gasteiger partial charge in [-0.15, -0.1) is 0 Å². The molecule has 1 saturated carbocycles. The standard InChI is InChI=1S/C15H22FNO2S/c1-11(2)20(18,19)17(3)15-6-4-5-14(15)12-7-9-13(16)10-8-12/h7-11,14-15H,4-6H2,1-3H3/t14-,15?/m1/s1. The molecule has 1 aliphatic rings. The van der Waals surface area contributed by atoms with Gasteiger partial charge in [0.1, 0.15) is 5.82 Å². The first-order valence-electron chi connectivity index (χ1n) is 7.06. The van der Waals surface area contributed by atoms with Crippen molar-refractivity contribution in [3.8, 4) is 0 Å². The van der Waals surface area contributed by atoms with Crippen LogP contribution >= 0.6 is 0 Å². The van der Waals surface area contributed by atoms with E-state index in [0.717, 1.165) is 24.8 Å². The van der Waals surface area contributed by atoms with Crippen LogP contribution in [0.2, 0.25) is 0 Å². The Morgan fingerprint density at radius 2 is 1.80 bits per heavy atom. The van der Waals surface area contributed by atoms with E-state index in [1.54, 1.807) is 33.0 Å². The third-order valence-corrected chi connectivity index (χ3v) is 6.51. The molecule has 0 N–H and O–H groups in total. The summed E-state index contributed by atoms with van der Waals surface area (Å²) in [5.74, 6) is -0.0967. The molecule has 0 heterocycles. The summed E-state index contributed by atoms with van der Waals surface area (Å²) in [7, 11) is -1.58. The topological polar surface area (TPSA) is 37.4 Å². The van der Waals surface area contributed by atoms with Gasteiger partial charge in [-0.1, -0.05) is 18.6 Å². The normalized spacial score (nSPS) is 23.7. The summed E-state index contributed by atoms with van der Waals surface area (Å²) in [4.78, 5) is 0. The summed E-state index contributed by atoms with van der Waals surface area (Å²) in [6.45, 7) is 3.40. The van der Waals surface area contributed by atoms with Gasteiger partial charge in [-0.2, -0.15) is 0 Å². The Labute approximate surface area is 120 Å². The fourth-order valence-electron chi connectivity index (χ4n) is 3.00. The lowest BCUT2D eigenvalue weighted by Crippen LogP contribution is -2.42. The summed E-state index contributed by atoms with van der Waals surface area (Å²) in [6, 6.07) is 6.42. The molecule has 0 bridgehead atoms. The molecule has 0 aromatic heterocycles. The maximum atomic E-state index is 13.0. The molecule has 2 atom stereocenters. The van der Waals surface area contributed by atoms with E-state index in [2.05, 4.69) is 0 Å². The van der Waals surface area contributed by atoms with Crippen LogP contribution in [0.5, 0.6) is 0 Å². The molecule has 20 heavy (non-hydrogen) atoms. The van der Waals surface area contributed by atoms with Gasteiger partial charge in [0.05, 0.1) is 5.25 Å². The van der Waals surface area contributed by atoms with Crippen LogP contribution in [-0.4, -0.2) is 31.1 Å². The van der Waals surface area contributed by atoms with Crippen LogP contribution in [-0.2, 0) is 10.0 Å². The molecule has 0 aliphatic heterocycles. The minimum atomic E-state index is -3.25. The molecule has 2 rings (SSSR count). The average molecular weight is 299 g/mol. The van der Waals surface area contributed by atoms with E-state index in [1.807, 2.05) is 0 Å². The summed E-state index contributed by atoms with van der Waals surface area (Å²) in [5, 5.41) is -0.415.